The Hall–Kier alpha value is -1.92. The number of hydrogen-bond donors (Lipinski definition) is 2. The smallest absolute Gasteiger partial charge is 0.238 e. The SMILES string of the molecule is CC(=O)N1CCc2cc(NC(=O)CNCC3CCCO3)ccc21. The van der Waals surface area contributed by atoms with Gasteiger partial charge in [-0.1, -0.05) is 0 Å². The minimum Gasteiger partial charge on any atom is -0.377 e. The zero-order valence-corrected chi connectivity index (χ0v) is 13.4. The lowest BCUT2D eigenvalue weighted by atomic mass is 10.1. The third-order valence-electron chi connectivity index (χ3n) is 4.32. The van der Waals surface area contributed by atoms with E-state index in [9.17, 15) is 9.59 Å². The zero-order chi connectivity index (χ0) is 16.2. The van der Waals surface area contributed by atoms with Crippen molar-refractivity contribution in [3.63, 3.8) is 0 Å². The van der Waals surface area contributed by atoms with Crippen LogP contribution < -0.4 is 15.5 Å². The molecule has 0 aliphatic carbocycles. The van der Waals surface area contributed by atoms with Crippen molar-refractivity contribution in [3.8, 4) is 0 Å². The standard InChI is InChI=1S/C17H23N3O3/c1-12(21)20-7-6-13-9-14(4-5-16(13)20)19-17(22)11-18-10-15-3-2-8-23-15/h4-5,9,15,18H,2-3,6-8,10-11H2,1H3,(H,19,22). The maximum atomic E-state index is 12.0. The van der Waals surface area contributed by atoms with Crippen molar-refractivity contribution < 1.29 is 14.3 Å². The van der Waals surface area contributed by atoms with Gasteiger partial charge >= 0.3 is 0 Å². The lowest BCUT2D eigenvalue weighted by molar-refractivity contribution is -0.116. The highest BCUT2D eigenvalue weighted by Gasteiger charge is 2.22. The maximum absolute atomic E-state index is 12.0. The molecular weight excluding hydrogens is 294 g/mol. The molecule has 0 bridgehead atoms. The number of carbonyl (C=O) groups is 2. The molecule has 1 fully saturated rings. The van der Waals surface area contributed by atoms with E-state index in [2.05, 4.69) is 10.6 Å². The second-order valence-electron chi connectivity index (χ2n) is 6.08. The lowest BCUT2D eigenvalue weighted by Gasteiger charge is -2.15. The predicted molar refractivity (Wildman–Crippen MR) is 88.6 cm³/mol. The number of ether oxygens (including phenoxy) is 1. The molecule has 3 rings (SSSR count). The molecule has 0 saturated carbocycles. The van der Waals surface area contributed by atoms with Crippen LogP contribution in [0.25, 0.3) is 0 Å². The molecule has 1 saturated heterocycles. The van der Waals surface area contributed by atoms with E-state index < -0.39 is 0 Å². The van der Waals surface area contributed by atoms with Crippen LogP contribution in [0.1, 0.15) is 25.3 Å². The van der Waals surface area contributed by atoms with Crippen molar-refractivity contribution in [1.29, 1.82) is 0 Å². The molecule has 2 aliphatic rings. The monoisotopic (exact) mass is 317 g/mol. The van der Waals surface area contributed by atoms with Crippen LogP contribution in [0, 0.1) is 0 Å². The molecule has 1 aromatic rings. The molecule has 0 spiro atoms. The maximum Gasteiger partial charge on any atom is 0.238 e. The Balaban J connectivity index is 1.50. The van der Waals surface area contributed by atoms with Gasteiger partial charge in [0.1, 0.15) is 0 Å². The molecular formula is C17H23N3O3. The fraction of sp³-hybridized carbons (Fsp3) is 0.529. The van der Waals surface area contributed by atoms with Crippen LogP contribution >= 0.6 is 0 Å². The first-order valence-electron chi connectivity index (χ1n) is 8.16. The fourth-order valence-corrected chi connectivity index (χ4v) is 3.16. The minimum absolute atomic E-state index is 0.0545. The van der Waals surface area contributed by atoms with Gasteiger partial charge in [-0.2, -0.15) is 0 Å². The van der Waals surface area contributed by atoms with Crippen molar-refractivity contribution in [2.75, 3.05) is 36.5 Å². The van der Waals surface area contributed by atoms with Gasteiger partial charge in [0.25, 0.3) is 0 Å². The summed E-state index contributed by atoms with van der Waals surface area (Å²) in [5.74, 6) is -0.0109. The Morgan fingerprint density at radius 3 is 3.00 bits per heavy atom. The molecule has 1 unspecified atom stereocenters. The van der Waals surface area contributed by atoms with Gasteiger partial charge in [-0.05, 0) is 43.0 Å². The van der Waals surface area contributed by atoms with Gasteiger partial charge in [0.2, 0.25) is 11.8 Å². The third kappa shape index (κ3) is 3.89. The summed E-state index contributed by atoms with van der Waals surface area (Å²) >= 11 is 0. The van der Waals surface area contributed by atoms with E-state index in [1.165, 1.54) is 0 Å². The predicted octanol–water partition coefficient (Wildman–Crippen LogP) is 1.30. The molecule has 2 N–H and O–H groups in total. The summed E-state index contributed by atoms with van der Waals surface area (Å²) in [6.45, 7) is 4.10. The van der Waals surface area contributed by atoms with Crippen LogP contribution in [-0.4, -0.2) is 44.2 Å². The van der Waals surface area contributed by atoms with Crippen LogP contribution in [0.15, 0.2) is 18.2 Å². The number of hydrogen-bond acceptors (Lipinski definition) is 4. The number of amides is 2. The van der Waals surface area contributed by atoms with Crippen LogP contribution in [-0.2, 0) is 20.7 Å². The highest BCUT2D eigenvalue weighted by atomic mass is 16.5. The summed E-state index contributed by atoms with van der Waals surface area (Å²) in [7, 11) is 0. The largest absolute Gasteiger partial charge is 0.377 e. The fourth-order valence-electron chi connectivity index (χ4n) is 3.16. The van der Waals surface area contributed by atoms with Crippen molar-refractivity contribution in [3.05, 3.63) is 23.8 Å². The summed E-state index contributed by atoms with van der Waals surface area (Å²) in [5, 5.41) is 6.03. The van der Waals surface area contributed by atoms with Gasteiger partial charge in [0.05, 0.1) is 12.6 Å². The summed E-state index contributed by atoms with van der Waals surface area (Å²) in [6, 6.07) is 5.70. The first kappa shape index (κ1) is 16.0. The van der Waals surface area contributed by atoms with E-state index in [1.807, 2.05) is 18.2 Å². The number of nitrogens with zero attached hydrogens (tertiary/aromatic N) is 1. The average molecular weight is 317 g/mol. The van der Waals surface area contributed by atoms with Crippen molar-refractivity contribution >= 4 is 23.2 Å². The molecule has 6 heteroatoms. The second-order valence-corrected chi connectivity index (χ2v) is 6.08. The van der Waals surface area contributed by atoms with E-state index in [4.69, 9.17) is 4.74 Å². The van der Waals surface area contributed by atoms with Crippen LogP contribution in [0.5, 0.6) is 0 Å². The van der Waals surface area contributed by atoms with E-state index in [0.29, 0.717) is 13.1 Å². The Labute approximate surface area is 136 Å². The lowest BCUT2D eigenvalue weighted by Crippen LogP contribution is -2.33. The molecule has 124 valence electrons. The number of nitrogens with one attached hydrogen (secondary N) is 2. The van der Waals surface area contributed by atoms with Gasteiger partial charge in [-0.15, -0.1) is 0 Å². The number of rotatable bonds is 5. The number of anilines is 2. The first-order valence-corrected chi connectivity index (χ1v) is 8.16. The van der Waals surface area contributed by atoms with Gasteiger partial charge in [-0.3, -0.25) is 9.59 Å². The van der Waals surface area contributed by atoms with Gasteiger partial charge in [0, 0.05) is 38.0 Å². The van der Waals surface area contributed by atoms with Gasteiger partial charge in [-0.25, -0.2) is 0 Å². The highest BCUT2D eigenvalue weighted by Crippen LogP contribution is 2.30. The Bertz CT molecular complexity index is 597. The third-order valence-corrected chi connectivity index (χ3v) is 4.32. The molecule has 2 aliphatic heterocycles. The Kier molecular flexibility index (Phi) is 4.93. The zero-order valence-electron chi connectivity index (χ0n) is 13.4. The van der Waals surface area contributed by atoms with E-state index >= 15 is 0 Å². The minimum atomic E-state index is -0.0654. The number of benzene rings is 1. The number of fused-ring (bicyclic) bond motifs is 1. The van der Waals surface area contributed by atoms with E-state index in [1.54, 1.807) is 11.8 Å². The van der Waals surface area contributed by atoms with E-state index in [0.717, 1.165) is 42.8 Å². The quantitative estimate of drug-likeness (QED) is 0.859. The van der Waals surface area contributed by atoms with Crippen molar-refractivity contribution in [2.45, 2.75) is 32.3 Å². The highest BCUT2D eigenvalue weighted by molar-refractivity contribution is 5.96. The van der Waals surface area contributed by atoms with Gasteiger partial charge < -0.3 is 20.3 Å². The summed E-state index contributed by atoms with van der Waals surface area (Å²) in [5.41, 5.74) is 2.83. The summed E-state index contributed by atoms with van der Waals surface area (Å²) in [6.07, 6.45) is 3.23. The molecule has 0 aromatic heterocycles. The molecule has 0 radical (unpaired) electrons. The average Bonchev–Trinajstić information content (AvgIpc) is 3.15. The van der Waals surface area contributed by atoms with Crippen molar-refractivity contribution in [1.82, 2.24) is 5.32 Å². The van der Waals surface area contributed by atoms with Gasteiger partial charge in [0.15, 0.2) is 0 Å². The van der Waals surface area contributed by atoms with E-state index in [-0.39, 0.29) is 24.5 Å². The molecule has 1 aromatic carbocycles. The molecule has 2 amide bonds. The molecule has 1 atom stereocenters. The first-order chi connectivity index (χ1) is 11.1. The van der Waals surface area contributed by atoms with Crippen LogP contribution in [0.4, 0.5) is 11.4 Å². The van der Waals surface area contributed by atoms with Crippen LogP contribution in [0.2, 0.25) is 0 Å². The molecule has 2 heterocycles. The molecule has 23 heavy (non-hydrogen) atoms. The molecule has 6 nitrogen and oxygen atoms in total. The Morgan fingerprint density at radius 2 is 2.26 bits per heavy atom. The normalized spacial score (nSPS) is 19.7. The summed E-state index contributed by atoms with van der Waals surface area (Å²) in [4.78, 5) is 25.3. The summed E-state index contributed by atoms with van der Waals surface area (Å²) < 4.78 is 5.51. The Morgan fingerprint density at radius 1 is 1.39 bits per heavy atom. The van der Waals surface area contributed by atoms with Crippen LogP contribution in [0.3, 0.4) is 0 Å². The topological polar surface area (TPSA) is 70.7 Å². The number of carbonyl (C=O) groups excluding carboxylic acids is 2. The van der Waals surface area contributed by atoms with Crippen molar-refractivity contribution in [2.24, 2.45) is 0 Å². The second kappa shape index (κ2) is 7.10.